The molecule has 0 unspecified atom stereocenters. The van der Waals surface area contributed by atoms with Crippen molar-refractivity contribution in [3.8, 4) is 22.3 Å². The molecular formula is C46H29NOS. The highest BCUT2D eigenvalue weighted by Crippen LogP contribution is 2.48. The summed E-state index contributed by atoms with van der Waals surface area (Å²) in [5, 5.41) is 7.04. The molecule has 0 amide bonds. The molecule has 230 valence electrons. The minimum absolute atomic E-state index is 0.953. The quantitative estimate of drug-likeness (QED) is 0.186. The Hall–Kier alpha value is -6.16. The van der Waals surface area contributed by atoms with Crippen molar-refractivity contribution < 1.29 is 4.42 Å². The third-order valence-corrected chi connectivity index (χ3v) is 10.9. The highest BCUT2D eigenvalue weighted by Gasteiger charge is 2.21. The number of furan rings is 1. The maximum atomic E-state index is 6.82. The first-order valence-corrected chi connectivity index (χ1v) is 17.4. The van der Waals surface area contributed by atoms with Gasteiger partial charge in [-0.05, 0) is 76.2 Å². The lowest BCUT2D eigenvalue weighted by Crippen LogP contribution is -2.10. The van der Waals surface area contributed by atoms with Crippen LogP contribution in [0.1, 0.15) is 0 Å². The monoisotopic (exact) mass is 643 g/mol. The van der Waals surface area contributed by atoms with Gasteiger partial charge < -0.3 is 9.32 Å². The van der Waals surface area contributed by atoms with E-state index in [-0.39, 0.29) is 0 Å². The van der Waals surface area contributed by atoms with Crippen LogP contribution in [0.5, 0.6) is 0 Å². The summed E-state index contributed by atoms with van der Waals surface area (Å²) in [5.74, 6) is 0. The molecule has 0 fully saturated rings. The standard InChI is InChI=1S/C46H29NOS/c1-3-10-30(11-4-1)32-18-23-35(24-19-32)47(36-25-20-33(21-26-36)31-12-5-2-6-13-31)41-17-9-16-40-43-42(49-46(40)41)29-28-39-38-27-22-34-14-7-8-15-37(34)44(38)48-45(39)43/h1-29H. The molecule has 0 aliphatic heterocycles. The molecule has 2 nitrogen and oxygen atoms in total. The van der Waals surface area contributed by atoms with Crippen LogP contribution in [0.15, 0.2) is 180 Å². The summed E-state index contributed by atoms with van der Waals surface area (Å²) < 4.78 is 9.27. The molecule has 10 aromatic rings. The van der Waals surface area contributed by atoms with Gasteiger partial charge in [-0.15, -0.1) is 11.3 Å². The molecule has 0 bridgehead atoms. The minimum atomic E-state index is 0.953. The van der Waals surface area contributed by atoms with Crippen molar-refractivity contribution in [1.82, 2.24) is 0 Å². The van der Waals surface area contributed by atoms with E-state index < -0.39 is 0 Å². The Kier molecular flexibility index (Phi) is 6.39. The number of fused-ring (bicyclic) bond motifs is 9. The van der Waals surface area contributed by atoms with Crippen LogP contribution in [0, 0.1) is 0 Å². The van der Waals surface area contributed by atoms with E-state index in [1.165, 1.54) is 47.8 Å². The molecule has 3 heteroatoms. The molecule has 0 spiro atoms. The topological polar surface area (TPSA) is 16.4 Å². The molecule has 10 rings (SSSR count). The van der Waals surface area contributed by atoms with E-state index in [1.807, 2.05) is 11.3 Å². The molecule has 2 aromatic heterocycles. The second-order valence-electron chi connectivity index (χ2n) is 12.5. The number of hydrogen-bond acceptors (Lipinski definition) is 3. The van der Waals surface area contributed by atoms with Crippen molar-refractivity contribution in [2.45, 2.75) is 0 Å². The van der Waals surface area contributed by atoms with Crippen molar-refractivity contribution in [2.24, 2.45) is 0 Å². The Bertz CT molecular complexity index is 2710. The summed E-state index contributed by atoms with van der Waals surface area (Å²) in [7, 11) is 0. The van der Waals surface area contributed by atoms with Gasteiger partial charge >= 0.3 is 0 Å². The number of rotatable bonds is 5. The Labute approximate surface area is 287 Å². The third kappa shape index (κ3) is 4.55. The van der Waals surface area contributed by atoms with Crippen LogP contribution in [0.3, 0.4) is 0 Å². The van der Waals surface area contributed by atoms with Crippen LogP contribution in [-0.2, 0) is 0 Å². The van der Waals surface area contributed by atoms with Crippen molar-refractivity contribution in [3.05, 3.63) is 176 Å². The van der Waals surface area contributed by atoms with Crippen LogP contribution in [0.2, 0.25) is 0 Å². The van der Waals surface area contributed by atoms with Gasteiger partial charge in [-0.1, -0.05) is 127 Å². The molecule has 0 aliphatic carbocycles. The Morgan fingerprint density at radius 3 is 1.61 bits per heavy atom. The van der Waals surface area contributed by atoms with Crippen molar-refractivity contribution in [3.63, 3.8) is 0 Å². The van der Waals surface area contributed by atoms with E-state index in [4.69, 9.17) is 4.42 Å². The maximum absolute atomic E-state index is 6.82. The largest absolute Gasteiger partial charge is 0.455 e. The van der Waals surface area contributed by atoms with Crippen molar-refractivity contribution >= 4 is 81.3 Å². The Morgan fingerprint density at radius 2 is 0.939 bits per heavy atom. The molecule has 49 heavy (non-hydrogen) atoms. The van der Waals surface area contributed by atoms with Crippen LogP contribution >= 0.6 is 11.3 Å². The number of hydrogen-bond donors (Lipinski definition) is 0. The molecule has 2 heterocycles. The summed E-state index contributed by atoms with van der Waals surface area (Å²) in [5.41, 5.74) is 10.1. The number of anilines is 3. The summed E-state index contributed by atoms with van der Waals surface area (Å²) in [6, 6.07) is 63.0. The predicted molar refractivity (Wildman–Crippen MR) is 210 cm³/mol. The van der Waals surface area contributed by atoms with Crippen LogP contribution in [0.25, 0.3) is 75.1 Å². The lowest BCUT2D eigenvalue weighted by molar-refractivity contribution is 0.677. The van der Waals surface area contributed by atoms with Gasteiger partial charge in [0.25, 0.3) is 0 Å². The normalized spacial score (nSPS) is 11.7. The van der Waals surface area contributed by atoms with Gasteiger partial charge in [0, 0.05) is 43.0 Å². The maximum Gasteiger partial charge on any atom is 0.144 e. The number of nitrogens with zero attached hydrogens (tertiary/aromatic N) is 1. The van der Waals surface area contributed by atoms with Gasteiger partial charge in [-0.3, -0.25) is 0 Å². The average Bonchev–Trinajstić information content (AvgIpc) is 3.76. The van der Waals surface area contributed by atoms with Gasteiger partial charge in [0.05, 0.1) is 10.4 Å². The van der Waals surface area contributed by atoms with Gasteiger partial charge in [0.1, 0.15) is 11.2 Å². The average molecular weight is 644 g/mol. The second-order valence-corrected chi connectivity index (χ2v) is 13.6. The fourth-order valence-electron chi connectivity index (χ4n) is 7.30. The van der Waals surface area contributed by atoms with Gasteiger partial charge in [-0.25, -0.2) is 0 Å². The summed E-state index contributed by atoms with van der Waals surface area (Å²) in [6.45, 7) is 0. The van der Waals surface area contributed by atoms with E-state index in [0.29, 0.717) is 0 Å². The second kappa shape index (κ2) is 11.2. The van der Waals surface area contributed by atoms with Gasteiger partial charge in [0.2, 0.25) is 0 Å². The van der Waals surface area contributed by atoms with Crippen LogP contribution in [-0.4, -0.2) is 0 Å². The zero-order valence-electron chi connectivity index (χ0n) is 26.5. The summed E-state index contributed by atoms with van der Waals surface area (Å²) in [4.78, 5) is 2.39. The van der Waals surface area contributed by atoms with E-state index in [9.17, 15) is 0 Å². The van der Waals surface area contributed by atoms with Crippen LogP contribution < -0.4 is 4.90 Å². The van der Waals surface area contributed by atoms with Gasteiger partial charge in [-0.2, -0.15) is 0 Å². The number of benzene rings is 8. The molecule has 0 saturated heterocycles. The zero-order chi connectivity index (χ0) is 32.3. The highest BCUT2D eigenvalue weighted by atomic mass is 32.1. The van der Waals surface area contributed by atoms with Gasteiger partial charge in [0.15, 0.2) is 0 Å². The first-order valence-electron chi connectivity index (χ1n) is 16.6. The smallest absolute Gasteiger partial charge is 0.144 e. The molecule has 0 aliphatic rings. The molecule has 0 saturated carbocycles. The van der Waals surface area contributed by atoms with E-state index in [0.717, 1.165) is 44.4 Å². The van der Waals surface area contributed by atoms with E-state index in [1.54, 1.807) is 0 Å². The van der Waals surface area contributed by atoms with E-state index in [2.05, 4.69) is 181 Å². The predicted octanol–water partition coefficient (Wildman–Crippen LogP) is 13.9. The molecule has 0 atom stereocenters. The molecule has 8 aromatic carbocycles. The lowest BCUT2D eigenvalue weighted by atomic mass is 10.0. The minimum Gasteiger partial charge on any atom is -0.455 e. The third-order valence-electron chi connectivity index (χ3n) is 9.68. The first kappa shape index (κ1) is 27.9. The summed E-state index contributed by atoms with van der Waals surface area (Å²) >= 11 is 1.83. The summed E-state index contributed by atoms with van der Waals surface area (Å²) in [6.07, 6.45) is 0. The van der Waals surface area contributed by atoms with Crippen molar-refractivity contribution in [1.29, 1.82) is 0 Å². The highest BCUT2D eigenvalue weighted by molar-refractivity contribution is 7.26. The fraction of sp³-hybridized carbons (Fsp3) is 0. The Balaban J connectivity index is 1.18. The first-order chi connectivity index (χ1) is 24.3. The molecular weight excluding hydrogens is 615 g/mol. The van der Waals surface area contributed by atoms with Crippen LogP contribution in [0.4, 0.5) is 17.1 Å². The van der Waals surface area contributed by atoms with E-state index >= 15 is 0 Å². The fourth-order valence-corrected chi connectivity index (χ4v) is 8.50. The Morgan fingerprint density at radius 1 is 0.388 bits per heavy atom. The number of thiophene rings is 1. The van der Waals surface area contributed by atoms with Crippen molar-refractivity contribution in [2.75, 3.05) is 4.90 Å². The SMILES string of the molecule is c1ccc(-c2ccc(N(c3ccc(-c4ccccc4)cc3)c3cccc4c3sc3ccc5c6ccc7ccccc7c6oc5c34)cc2)cc1. The molecule has 0 radical (unpaired) electrons. The lowest BCUT2D eigenvalue weighted by Gasteiger charge is -2.26. The zero-order valence-corrected chi connectivity index (χ0v) is 27.3. The molecule has 0 N–H and O–H groups in total.